The third-order valence-corrected chi connectivity index (χ3v) is 5.56. The first-order chi connectivity index (χ1) is 13.1. The number of allylic oxidation sites excluding steroid dienone is 3. The molecule has 1 aromatic heterocycles. The summed E-state index contributed by atoms with van der Waals surface area (Å²) in [6.45, 7) is 2.85. The van der Waals surface area contributed by atoms with Gasteiger partial charge >= 0.3 is 5.97 Å². The monoisotopic (exact) mass is 369 g/mol. The molecule has 1 saturated heterocycles. The molecule has 142 valence electrons. The molecule has 3 unspecified atom stereocenters. The van der Waals surface area contributed by atoms with Crippen molar-refractivity contribution in [2.24, 2.45) is 5.92 Å². The number of esters is 1. The second kappa shape index (κ2) is 7.64. The van der Waals surface area contributed by atoms with E-state index in [1.165, 1.54) is 0 Å². The summed E-state index contributed by atoms with van der Waals surface area (Å²) >= 11 is 0. The zero-order chi connectivity index (χ0) is 18.8. The Balaban J connectivity index is 1.67. The standard InChI is InChI=1S/C21H24N2O4/c1-13-18(21(25)27-12-15-4-3-11-26-15)19(14-7-9-22-10-8-14)20-16(23-13)5-2-6-17(20)24/h5,7-10,15,19-20,23H,2-4,6,11-12H2,1H3/p+1. The molecule has 0 aromatic carbocycles. The van der Waals surface area contributed by atoms with Gasteiger partial charge in [0.1, 0.15) is 12.4 Å². The molecule has 1 aromatic rings. The third-order valence-electron chi connectivity index (χ3n) is 5.56. The van der Waals surface area contributed by atoms with E-state index in [4.69, 9.17) is 9.47 Å². The van der Waals surface area contributed by atoms with Crippen LogP contribution in [0, 0.1) is 5.92 Å². The van der Waals surface area contributed by atoms with Crippen LogP contribution in [0.25, 0.3) is 0 Å². The van der Waals surface area contributed by atoms with Gasteiger partial charge in [-0.2, -0.15) is 0 Å². The third kappa shape index (κ3) is 3.54. The molecular weight excluding hydrogens is 344 g/mol. The number of aromatic amines is 1. The highest BCUT2D eigenvalue weighted by atomic mass is 16.6. The van der Waals surface area contributed by atoms with Crippen LogP contribution in [0.5, 0.6) is 0 Å². The average Bonchev–Trinajstić information content (AvgIpc) is 3.19. The summed E-state index contributed by atoms with van der Waals surface area (Å²) < 4.78 is 11.2. The minimum absolute atomic E-state index is 0.0250. The molecule has 27 heavy (non-hydrogen) atoms. The maximum absolute atomic E-state index is 13.0. The van der Waals surface area contributed by atoms with Crippen LogP contribution in [0.15, 0.2) is 47.6 Å². The number of carbonyl (C=O) groups excluding carboxylic acids is 2. The largest absolute Gasteiger partial charge is 0.460 e. The fraction of sp³-hybridized carbons (Fsp3) is 0.476. The number of hydrogen-bond donors (Lipinski definition) is 1. The lowest BCUT2D eigenvalue weighted by Crippen LogP contribution is -2.41. The van der Waals surface area contributed by atoms with Crippen molar-refractivity contribution in [3.63, 3.8) is 0 Å². The predicted molar refractivity (Wildman–Crippen MR) is 97.3 cm³/mol. The Bertz CT molecular complexity index is 794. The first-order valence-corrected chi connectivity index (χ1v) is 9.60. The number of H-pyrrole nitrogens is 1. The summed E-state index contributed by atoms with van der Waals surface area (Å²) in [5.41, 5.74) is 3.13. The molecule has 1 fully saturated rings. The van der Waals surface area contributed by atoms with Gasteiger partial charge in [-0.05, 0) is 31.7 Å². The van der Waals surface area contributed by atoms with E-state index in [1.807, 2.05) is 31.5 Å². The summed E-state index contributed by atoms with van der Waals surface area (Å²) in [7, 11) is 0. The summed E-state index contributed by atoms with van der Waals surface area (Å²) in [5.74, 6) is -0.910. The summed E-state index contributed by atoms with van der Waals surface area (Å²) in [6, 6.07) is 3.85. The van der Waals surface area contributed by atoms with Crippen molar-refractivity contribution < 1.29 is 24.0 Å². The van der Waals surface area contributed by atoms with Crippen LogP contribution in [-0.4, -0.2) is 31.1 Å². The lowest BCUT2D eigenvalue weighted by molar-refractivity contribution is -0.378. The number of pyridine rings is 1. The summed E-state index contributed by atoms with van der Waals surface area (Å²) in [4.78, 5) is 28.8. The van der Waals surface area contributed by atoms with Crippen molar-refractivity contribution in [3.8, 4) is 0 Å². The lowest BCUT2D eigenvalue weighted by Gasteiger charge is -2.37. The summed E-state index contributed by atoms with van der Waals surface area (Å²) in [6.07, 6.45) is 8.84. The highest BCUT2D eigenvalue weighted by Crippen LogP contribution is 2.43. The van der Waals surface area contributed by atoms with Gasteiger partial charge in [-0.3, -0.25) is 4.79 Å². The van der Waals surface area contributed by atoms with Gasteiger partial charge in [0.05, 0.1) is 17.6 Å². The van der Waals surface area contributed by atoms with E-state index in [9.17, 15) is 9.59 Å². The Morgan fingerprint density at radius 1 is 1.33 bits per heavy atom. The van der Waals surface area contributed by atoms with E-state index in [0.29, 0.717) is 12.0 Å². The van der Waals surface area contributed by atoms with Crippen molar-refractivity contribution in [1.82, 2.24) is 5.32 Å². The first-order valence-electron chi connectivity index (χ1n) is 9.60. The molecule has 2 N–H and O–H groups in total. The first kappa shape index (κ1) is 17.9. The molecule has 6 heteroatoms. The van der Waals surface area contributed by atoms with Gasteiger partial charge in [0.15, 0.2) is 12.4 Å². The van der Waals surface area contributed by atoms with E-state index in [2.05, 4.69) is 16.4 Å². The molecule has 0 saturated carbocycles. The van der Waals surface area contributed by atoms with Crippen LogP contribution < -0.4 is 10.3 Å². The highest BCUT2D eigenvalue weighted by Gasteiger charge is 2.43. The number of hydrogen-bond acceptors (Lipinski definition) is 5. The molecule has 0 amide bonds. The Morgan fingerprint density at radius 3 is 2.89 bits per heavy atom. The Kier molecular flexibility index (Phi) is 5.07. The van der Waals surface area contributed by atoms with E-state index in [-0.39, 0.29) is 36.3 Å². The molecule has 3 atom stereocenters. The molecule has 0 bridgehead atoms. The van der Waals surface area contributed by atoms with Crippen LogP contribution in [-0.2, 0) is 19.1 Å². The van der Waals surface area contributed by atoms with Crippen molar-refractivity contribution in [2.45, 2.75) is 44.6 Å². The van der Waals surface area contributed by atoms with Gasteiger partial charge in [-0.25, -0.2) is 9.78 Å². The number of carbonyl (C=O) groups is 2. The van der Waals surface area contributed by atoms with E-state index in [0.717, 1.165) is 42.8 Å². The maximum atomic E-state index is 13.0. The van der Waals surface area contributed by atoms with E-state index < -0.39 is 0 Å². The van der Waals surface area contributed by atoms with Gasteiger partial charge in [-0.15, -0.1) is 0 Å². The number of nitrogens with one attached hydrogen (secondary N) is 2. The fourth-order valence-electron chi connectivity index (χ4n) is 4.27. The van der Waals surface area contributed by atoms with Crippen molar-refractivity contribution in [2.75, 3.05) is 13.2 Å². The SMILES string of the molecule is CC1=C(C(=O)OCC2CCCO2)C(c2cc[nH+]cc2)C2C(=O)CCC=C2N1. The summed E-state index contributed by atoms with van der Waals surface area (Å²) in [5, 5.41) is 3.29. The van der Waals surface area contributed by atoms with Crippen molar-refractivity contribution in [3.05, 3.63) is 53.1 Å². The lowest BCUT2D eigenvalue weighted by atomic mass is 9.71. The zero-order valence-corrected chi connectivity index (χ0v) is 15.5. The van der Waals surface area contributed by atoms with E-state index in [1.54, 1.807) is 0 Å². The molecule has 3 heterocycles. The Morgan fingerprint density at radius 2 is 2.15 bits per heavy atom. The number of ether oxygens (including phenoxy) is 2. The van der Waals surface area contributed by atoms with Gasteiger partial charge in [0.25, 0.3) is 0 Å². The highest BCUT2D eigenvalue weighted by molar-refractivity contribution is 5.96. The number of rotatable bonds is 4. The van der Waals surface area contributed by atoms with Crippen molar-refractivity contribution >= 4 is 11.8 Å². The quantitative estimate of drug-likeness (QED) is 0.822. The molecular formula is C21H25N2O4+. The predicted octanol–water partition coefficient (Wildman–Crippen LogP) is 2.05. The number of ketones is 1. The minimum Gasteiger partial charge on any atom is -0.460 e. The smallest absolute Gasteiger partial charge is 0.336 e. The number of aromatic nitrogens is 1. The second-order valence-corrected chi connectivity index (χ2v) is 7.35. The fourth-order valence-corrected chi connectivity index (χ4v) is 4.27. The van der Waals surface area contributed by atoms with Crippen molar-refractivity contribution in [1.29, 1.82) is 0 Å². The number of fused-ring (bicyclic) bond motifs is 1. The normalized spacial score (nSPS) is 27.7. The van der Waals surface area contributed by atoms with Gasteiger partial charge in [-0.1, -0.05) is 6.08 Å². The minimum atomic E-state index is -0.370. The molecule has 4 rings (SSSR count). The van der Waals surface area contributed by atoms with Crippen LogP contribution in [0.2, 0.25) is 0 Å². The number of Topliss-reactive ketones (excluding diaryl/α,β-unsaturated/α-hetero) is 1. The van der Waals surface area contributed by atoms with Crippen LogP contribution in [0.1, 0.15) is 44.1 Å². The topological polar surface area (TPSA) is 78.8 Å². The Hall–Kier alpha value is -2.47. The maximum Gasteiger partial charge on any atom is 0.336 e. The molecule has 1 aliphatic carbocycles. The molecule has 0 spiro atoms. The molecule has 6 nitrogen and oxygen atoms in total. The molecule has 0 radical (unpaired) electrons. The van der Waals surface area contributed by atoms with E-state index >= 15 is 0 Å². The van der Waals surface area contributed by atoms with Crippen LogP contribution >= 0.6 is 0 Å². The van der Waals surface area contributed by atoms with Crippen LogP contribution in [0.3, 0.4) is 0 Å². The van der Waals surface area contributed by atoms with Crippen LogP contribution in [0.4, 0.5) is 0 Å². The average molecular weight is 369 g/mol. The van der Waals surface area contributed by atoms with Gasteiger partial charge < -0.3 is 14.8 Å². The van der Waals surface area contributed by atoms with Gasteiger partial charge in [0, 0.05) is 42.5 Å². The Labute approximate surface area is 158 Å². The van der Waals surface area contributed by atoms with Gasteiger partial charge in [0.2, 0.25) is 0 Å². The zero-order valence-electron chi connectivity index (χ0n) is 15.5. The second-order valence-electron chi connectivity index (χ2n) is 7.35. The molecule has 3 aliphatic rings. The molecule has 2 aliphatic heterocycles.